The highest BCUT2D eigenvalue weighted by atomic mass is 19.1. The van der Waals surface area contributed by atoms with Crippen molar-refractivity contribution in [3.63, 3.8) is 0 Å². The molecule has 1 heterocycles. The summed E-state index contributed by atoms with van der Waals surface area (Å²) in [5, 5.41) is 18.9. The molecule has 0 saturated carbocycles. The van der Waals surface area contributed by atoms with Gasteiger partial charge in [-0.05, 0) is 97.1 Å². The molecule has 0 radical (unpaired) electrons. The second kappa shape index (κ2) is 14.1. The van der Waals surface area contributed by atoms with E-state index in [1.165, 1.54) is 18.2 Å². The van der Waals surface area contributed by atoms with Gasteiger partial charge in [-0.2, -0.15) is 0 Å². The van der Waals surface area contributed by atoms with Crippen molar-refractivity contribution >= 4 is 35.0 Å². The zero-order valence-corrected chi connectivity index (χ0v) is 23.1. The Morgan fingerprint density at radius 3 is 2.29 bits per heavy atom. The molecule has 0 saturated heterocycles. The first kappa shape index (κ1) is 30.0. The number of ether oxygens (including phenoxy) is 2. The number of hydrogen-bond acceptors (Lipinski definition) is 4. The third-order valence-electron chi connectivity index (χ3n) is 6.67. The Balaban J connectivity index is 1.49. The maximum atomic E-state index is 15.1. The summed E-state index contributed by atoms with van der Waals surface area (Å²) in [5.41, 5.74) is 3.13. The summed E-state index contributed by atoms with van der Waals surface area (Å²) < 4.78 is 41.0. The average Bonchev–Trinajstić information content (AvgIpc) is 3.22. The summed E-state index contributed by atoms with van der Waals surface area (Å²) in [5.74, 6) is -1.60. The number of carboxylic acid groups (broad SMARTS) is 2. The van der Waals surface area contributed by atoms with Crippen LogP contribution in [0.3, 0.4) is 0 Å². The topological polar surface area (TPSA) is 98.0 Å². The van der Waals surface area contributed by atoms with Crippen LogP contribution < -0.4 is 9.47 Å². The van der Waals surface area contributed by atoms with Gasteiger partial charge < -0.3 is 24.3 Å². The molecule has 2 N–H and O–H groups in total. The lowest BCUT2D eigenvalue weighted by Crippen LogP contribution is -2.10. The number of aryl methyl sites for hydroxylation is 1. The largest absolute Gasteiger partial charge is 0.490 e. The number of fused-ring (bicyclic) bond motifs is 1. The van der Waals surface area contributed by atoms with Gasteiger partial charge in [-0.3, -0.25) is 9.59 Å². The van der Waals surface area contributed by atoms with Crippen LogP contribution in [-0.4, -0.2) is 39.9 Å². The molecule has 0 spiro atoms. The minimum absolute atomic E-state index is 0.0652. The first-order chi connectivity index (χ1) is 20.2. The lowest BCUT2D eigenvalue weighted by atomic mass is 10.0. The normalized spacial score (nSPS) is 11.5. The molecule has 3 aromatic carbocycles. The predicted molar refractivity (Wildman–Crippen MR) is 157 cm³/mol. The number of benzene rings is 3. The van der Waals surface area contributed by atoms with Crippen molar-refractivity contribution in [2.45, 2.75) is 32.7 Å². The van der Waals surface area contributed by atoms with Gasteiger partial charge in [-0.1, -0.05) is 24.3 Å². The minimum Gasteiger partial charge on any atom is -0.490 e. The van der Waals surface area contributed by atoms with Crippen molar-refractivity contribution in [3.8, 4) is 11.5 Å². The Bertz CT molecular complexity index is 1620. The molecule has 0 aliphatic carbocycles. The van der Waals surface area contributed by atoms with Gasteiger partial charge in [-0.25, -0.2) is 8.78 Å². The molecule has 0 atom stereocenters. The van der Waals surface area contributed by atoms with Gasteiger partial charge in [0.25, 0.3) is 0 Å². The Morgan fingerprint density at radius 1 is 0.881 bits per heavy atom. The highest BCUT2D eigenvalue weighted by molar-refractivity contribution is 5.95. The molecule has 4 aromatic rings. The zero-order valence-electron chi connectivity index (χ0n) is 23.1. The van der Waals surface area contributed by atoms with E-state index < -0.39 is 17.8 Å². The fraction of sp³-hybridized carbons (Fsp3) is 0.212. The van der Waals surface area contributed by atoms with Gasteiger partial charge in [0.15, 0.2) is 0 Å². The number of aromatic nitrogens is 1. The summed E-state index contributed by atoms with van der Waals surface area (Å²) in [7, 11) is 0. The monoisotopic (exact) mass is 575 g/mol. The van der Waals surface area contributed by atoms with E-state index in [2.05, 4.69) is 0 Å². The summed E-state index contributed by atoms with van der Waals surface area (Å²) in [6, 6.07) is 16.1. The lowest BCUT2D eigenvalue weighted by molar-refractivity contribution is -0.138. The highest BCUT2D eigenvalue weighted by Gasteiger charge is 2.21. The van der Waals surface area contributed by atoms with Crippen molar-refractivity contribution in [2.24, 2.45) is 0 Å². The van der Waals surface area contributed by atoms with Gasteiger partial charge >= 0.3 is 11.9 Å². The van der Waals surface area contributed by atoms with E-state index in [4.69, 9.17) is 14.6 Å². The second-order valence-electron chi connectivity index (χ2n) is 9.60. The smallest absolute Gasteiger partial charge is 0.323 e. The molecular weight excluding hydrogens is 544 g/mol. The van der Waals surface area contributed by atoms with E-state index in [9.17, 15) is 19.1 Å². The SMILES string of the molecule is Cc1c(CCCC(=O)O)c2c(F)ccc(C=Cc3cccc(OC/C=C/COc4ccc(F)cc4)c3)c2n1CC(=O)O. The van der Waals surface area contributed by atoms with Crippen LogP contribution in [0.2, 0.25) is 0 Å². The van der Waals surface area contributed by atoms with Crippen molar-refractivity contribution in [3.05, 3.63) is 107 Å². The highest BCUT2D eigenvalue weighted by Crippen LogP contribution is 2.33. The van der Waals surface area contributed by atoms with Crippen LogP contribution in [0.25, 0.3) is 23.1 Å². The Morgan fingerprint density at radius 2 is 1.60 bits per heavy atom. The summed E-state index contributed by atoms with van der Waals surface area (Å²) in [6.45, 7) is 2.01. The maximum Gasteiger partial charge on any atom is 0.323 e. The molecule has 0 bridgehead atoms. The molecule has 42 heavy (non-hydrogen) atoms. The van der Waals surface area contributed by atoms with E-state index >= 15 is 4.39 Å². The lowest BCUT2D eigenvalue weighted by Gasteiger charge is -2.08. The van der Waals surface area contributed by atoms with Gasteiger partial charge in [0.05, 0.1) is 5.52 Å². The van der Waals surface area contributed by atoms with Crippen LogP contribution in [0.15, 0.2) is 72.8 Å². The fourth-order valence-electron chi connectivity index (χ4n) is 4.71. The predicted octanol–water partition coefficient (Wildman–Crippen LogP) is 6.90. The molecule has 0 fully saturated rings. The van der Waals surface area contributed by atoms with E-state index in [-0.39, 0.29) is 18.8 Å². The van der Waals surface area contributed by atoms with Crippen LogP contribution in [0.1, 0.15) is 35.2 Å². The number of halogens is 2. The first-order valence-electron chi connectivity index (χ1n) is 13.4. The number of carboxylic acids is 2. The first-order valence-corrected chi connectivity index (χ1v) is 13.4. The Hall–Kier alpha value is -4.92. The van der Waals surface area contributed by atoms with Crippen LogP contribution in [0.5, 0.6) is 11.5 Å². The van der Waals surface area contributed by atoms with Crippen LogP contribution in [0.4, 0.5) is 8.78 Å². The molecule has 4 rings (SSSR count). The van der Waals surface area contributed by atoms with Crippen molar-refractivity contribution in [1.82, 2.24) is 4.57 Å². The number of rotatable bonds is 14. The molecule has 0 aliphatic rings. The zero-order chi connectivity index (χ0) is 30.1. The quantitative estimate of drug-likeness (QED) is 0.125. The van der Waals surface area contributed by atoms with Crippen molar-refractivity contribution in [2.75, 3.05) is 13.2 Å². The van der Waals surface area contributed by atoms with Crippen LogP contribution in [-0.2, 0) is 22.6 Å². The van der Waals surface area contributed by atoms with E-state index in [0.29, 0.717) is 65.3 Å². The van der Waals surface area contributed by atoms with Gasteiger partial charge in [-0.15, -0.1) is 0 Å². The molecule has 1 aromatic heterocycles. The number of hydrogen-bond donors (Lipinski definition) is 2. The molecule has 7 nitrogen and oxygen atoms in total. The van der Waals surface area contributed by atoms with Crippen molar-refractivity contribution in [1.29, 1.82) is 0 Å². The number of carbonyl (C=O) groups is 2. The second-order valence-corrected chi connectivity index (χ2v) is 9.60. The third-order valence-corrected chi connectivity index (χ3v) is 6.67. The summed E-state index contributed by atoms with van der Waals surface area (Å²) in [6.07, 6.45) is 7.81. The van der Waals surface area contributed by atoms with E-state index in [1.54, 1.807) is 41.8 Å². The summed E-state index contributed by atoms with van der Waals surface area (Å²) in [4.78, 5) is 22.7. The van der Waals surface area contributed by atoms with Gasteiger partial charge in [0.2, 0.25) is 0 Å². The molecule has 218 valence electrons. The molecule has 9 heteroatoms. The Labute approximate surface area is 241 Å². The average molecular weight is 576 g/mol. The maximum absolute atomic E-state index is 15.1. The van der Waals surface area contributed by atoms with Crippen LogP contribution in [0, 0.1) is 18.6 Å². The van der Waals surface area contributed by atoms with Gasteiger partial charge in [0, 0.05) is 17.5 Å². The number of nitrogens with zero attached hydrogens (tertiary/aromatic N) is 1. The fourth-order valence-corrected chi connectivity index (χ4v) is 4.71. The number of aliphatic carboxylic acids is 2. The van der Waals surface area contributed by atoms with E-state index in [0.717, 1.165) is 5.56 Å². The molecule has 0 unspecified atom stereocenters. The summed E-state index contributed by atoms with van der Waals surface area (Å²) >= 11 is 0. The third kappa shape index (κ3) is 7.84. The van der Waals surface area contributed by atoms with Gasteiger partial charge in [0.1, 0.15) is 42.9 Å². The molecule has 0 aliphatic heterocycles. The van der Waals surface area contributed by atoms with E-state index in [1.807, 2.05) is 36.4 Å². The van der Waals surface area contributed by atoms with Crippen LogP contribution >= 0.6 is 0 Å². The Kier molecular flexibility index (Phi) is 10.1. The standard InChI is InChI=1S/C33H31F2NO6/c1-22-28(8-5-9-30(37)38)32-29(35)17-12-24(33(32)36(22)21-31(39)40)11-10-23-6-4-7-27(20-23)42-19-3-2-18-41-26-15-13-25(34)14-16-26/h2-4,6-7,10-17,20H,5,8-9,18-19,21H2,1H3,(H,37,38)(H,39,40)/b3-2+,11-10?. The molecular formula is C33H31F2NO6. The minimum atomic E-state index is -1.06. The van der Waals surface area contributed by atoms with Crippen molar-refractivity contribution < 1.29 is 38.1 Å². The molecule has 0 amide bonds.